The zero-order chi connectivity index (χ0) is 22.9. The van der Waals surface area contributed by atoms with Gasteiger partial charge in [-0.2, -0.15) is 0 Å². The van der Waals surface area contributed by atoms with Gasteiger partial charge in [-0.15, -0.1) is 0 Å². The van der Waals surface area contributed by atoms with Crippen molar-refractivity contribution >= 4 is 11.8 Å². The van der Waals surface area contributed by atoms with E-state index >= 15 is 0 Å². The van der Waals surface area contributed by atoms with E-state index in [0.717, 1.165) is 32.5 Å². The average molecular weight is 442 g/mol. The van der Waals surface area contributed by atoms with Crippen molar-refractivity contribution in [1.29, 1.82) is 0 Å². The number of rotatable bonds is 11. The second-order valence-corrected chi connectivity index (χ2v) is 10.7. The molecule has 6 nitrogen and oxygen atoms in total. The molecule has 176 valence electrons. The van der Waals surface area contributed by atoms with Crippen LogP contribution in [0.5, 0.6) is 0 Å². The maximum absolute atomic E-state index is 13.3. The zero-order valence-electron chi connectivity index (χ0n) is 20.0. The Morgan fingerprint density at radius 2 is 2.03 bits per heavy atom. The molecule has 4 unspecified atom stereocenters. The quantitative estimate of drug-likeness (QED) is 0.396. The van der Waals surface area contributed by atoms with Gasteiger partial charge >= 0.3 is 0 Å². The van der Waals surface area contributed by atoms with Crippen molar-refractivity contribution in [3.8, 4) is 0 Å². The first-order valence-corrected chi connectivity index (χ1v) is 12.3. The van der Waals surface area contributed by atoms with Gasteiger partial charge in [0.2, 0.25) is 11.8 Å². The molecular formula is C26H39N3O3. The number of hydrogen-bond donors (Lipinski definition) is 1. The van der Waals surface area contributed by atoms with Crippen molar-refractivity contribution in [3.63, 3.8) is 0 Å². The summed E-state index contributed by atoms with van der Waals surface area (Å²) in [6, 6.07) is 0. The monoisotopic (exact) mass is 441 g/mol. The van der Waals surface area contributed by atoms with Crippen LogP contribution in [0.1, 0.15) is 40.5 Å². The van der Waals surface area contributed by atoms with E-state index in [1.165, 1.54) is 5.57 Å². The Labute approximate surface area is 192 Å². The first kappa shape index (κ1) is 23.2. The number of amides is 2. The van der Waals surface area contributed by atoms with E-state index in [9.17, 15) is 9.59 Å². The van der Waals surface area contributed by atoms with Gasteiger partial charge in [0, 0.05) is 26.2 Å². The smallest absolute Gasteiger partial charge is 0.230 e. The van der Waals surface area contributed by atoms with Gasteiger partial charge in [0.05, 0.1) is 24.5 Å². The normalized spacial score (nSPS) is 30.3. The molecule has 1 N–H and O–H groups in total. The van der Waals surface area contributed by atoms with Gasteiger partial charge in [-0.05, 0) is 36.8 Å². The van der Waals surface area contributed by atoms with Crippen molar-refractivity contribution in [1.82, 2.24) is 15.1 Å². The molecule has 2 fully saturated rings. The summed E-state index contributed by atoms with van der Waals surface area (Å²) < 4.78 is 6.24. The number of carbonyl (C=O) groups excluding carboxylic acids is 2. The van der Waals surface area contributed by atoms with Gasteiger partial charge in [0.15, 0.2) is 0 Å². The minimum atomic E-state index is -0.623. The summed E-state index contributed by atoms with van der Waals surface area (Å²) in [6.07, 6.45) is 11.8. The molecular weight excluding hydrogens is 402 g/mol. The minimum absolute atomic E-state index is 0.0394. The number of allylic oxidation sites excluding steroid dienone is 3. The van der Waals surface area contributed by atoms with Gasteiger partial charge in [0.1, 0.15) is 5.60 Å². The largest absolute Gasteiger partial charge is 0.360 e. The fourth-order valence-electron chi connectivity index (χ4n) is 5.79. The van der Waals surface area contributed by atoms with Crippen LogP contribution in [0.2, 0.25) is 0 Å². The maximum Gasteiger partial charge on any atom is 0.230 e. The Kier molecular flexibility index (Phi) is 6.91. The van der Waals surface area contributed by atoms with Crippen molar-refractivity contribution in [3.05, 3.63) is 36.0 Å². The molecule has 1 spiro atoms. The molecule has 6 heteroatoms. The van der Waals surface area contributed by atoms with Crippen molar-refractivity contribution in [2.75, 3.05) is 39.3 Å². The van der Waals surface area contributed by atoms with Crippen LogP contribution in [-0.2, 0) is 14.3 Å². The van der Waals surface area contributed by atoms with Gasteiger partial charge in [-0.3, -0.25) is 9.59 Å². The minimum Gasteiger partial charge on any atom is -0.360 e. The molecule has 2 saturated heterocycles. The predicted molar refractivity (Wildman–Crippen MR) is 126 cm³/mol. The molecule has 0 aromatic rings. The molecule has 3 aliphatic heterocycles. The van der Waals surface area contributed by atoms with Crippen LogP contribution in [0, 0.1) is 23.7 Å². The van der Waals surface area contributed by atoms with Crippen LogP contribution in [0.25, 0.3) is 0 Å². The lowest BCUT2D eigenvalue weighted by atomic mass is 9.77. The second kappa shape index (κ2) is 9.52. The van der Waals surface area contributed by atoms with E-state index in [1.807, 2.05) is 23.1 Å². The molecule has 2 amide bonds. The Morgan fingerprint density at radius 3 is 2.69 bits per heavy atom. The molecule has 0 aromatic heterocycles. The van der Waals surface area contributed by atoms with E-state index in [-0.39, 0.29) is 17.9 Å². The fraction of sp³-hybridized carbons (Fsp3) is 0.692. The highest BCUT2D eigenvalue weighted by atomic mass is 16.5. The Balaban J connectivity index is 1.31. The standard InChI is InChI=1S/C26H39N3O3/c1-18(2)14-28(15-19(3)4)13-7-12-27-24(30)22-21-10-11-26(32-21)17-29(25(31)23(22)26)16-20-8-5-6-9-20/h5-6,8,10-11,18-19,21-23H,7,9,12-17H2,1-4H3,(H,27,30). The van der Waals surface area contributed by atoms with Crippen LogP contribution < -0.4 is 5.32 Å². The zero-order valence-corrected chi connectivity index (χ0v) is 20.0. The van der Waals surface area contributed by atoms with Crippen LogP contribution in [-0.4, -0.2) is 72.6 Å². The molecule has 4 aliphatic rings. The molecule has 3 heterocycles. The highest BCUT2D eigenvalue weighted by Crippen LogP contribution is 2.52. The lowest BCUT2D eigenvalue weighted by molar-refractivity contribution is -0.137. The molecule has 0 aromatic carbocycles. The third-order valence-corrected chi connectivity index (χ3v) is 6.92. The molecule has 2 bridgehead atoms. The van der Waals surface area contributed by atoms with E-state index in [1.54, 1.807) is 0 Å². The van der Waals surface area contributed by atoms with E-state index in [4.69, 9.17) is 4.74 Å². The van der Waals surface area contributed by atoms with E-state index in [0.29, 0.717) is 31.5 Å². The summed E-state index contributed by atoms with van der Waals surface area (Å²) in [6.45, 7) is 13.9. The highest BCUT2D eigenvalue weighted by Gasteiger charge is 2.66. The summed E-state index contributed by atoms with van der Waals surface area (Å²) in [5.41, 5.74) is 0.614. The number of carbonyl (C=O) groups is 2. The Morgan fingerprint density at radius 1 is 1.28 bits per heavy atom. The highest BCUT2D eigenvalue weighted by molar-refractivity contribution is 5.93. The molecule has 32 heavy (non-hydrogen) atoms. The van der Waals surface area contributed by atoms with Crippen LogP contribution in [0.15, 0.2) is 36.0 Å². The second-order valence-electron chi connectivity index (χ2n) is 10.7. The molecule has 0 radical (unpaired) electrons. The summed E-state index contributed by atoms with van der Waals surface area (Å²) >= 11 is 0. The summed E-state index contributed by atoms with van der Waals surface area (Å²) in [4.78, 5) is 30.8. The molecule has 4 rings (SSSR count). The summed E-state index contributed by atoms with van der Waals surface area (Å²) in [5.74, 6) is 0.461. The number of fused-ring (bicyclic) bond motifs is 1. The Hall–Kier alpha value is -1.92. The van der Waals surface area contributed by atoms with Gasteiger partial charge in [-0.1, -0.05) is 58.1 Å². The van der Waals surface area contributed by atoms with Crippen LogP contribution in [0.3, 0.4) is 0 Å². The number of hydrogen-bond acceptors (Lipinski definition) is 4. The van der Waals surface area contributed by atoms with E-state index < -0.39 is 17.4 Å². The lowest BCUT2D eigenvalue weighted by Crippen LogP contribution is -2.44. The summed E-state index contributed by atoms with van der Waals surface area (Å²) in [5, 5.41) is 3.12. The number of likely N-dealkylation sites (tertiary alicyclic amines) is 1. The number of nitrogens with zero attached hydrogens (tertiary/aromatic N) is 2. The van der Waals surface area contributed by atoms with Crippen molar-refractivity contribution < 1.29 is 14.3 Å². The van der Waals surface area contributed by atoms with Crippen LogP contribution in [0.4, 0.5) is 0 Å². The first-order chi connectivity index (χ1) is 15.3. The lowest BCUT2D eigenvalue weighted by Gasteiger charge is -2.26. The van der Waals surface area contributed by atoms with Gasteiger partial charge in [-0.25, -0.2) is 0 Å². The first-order valence-electron chi connectivity index (χ1n) is 12.3. The molecule has 4 atom stereocenters. The van der Waals surface area contributed by atoms with Gasteiger partial charge in [0.25, 0.3) is 0 Å². The maximum atomic E-state index is 13.3. The number of nitrogens with one attached hydrogen (secondary N) is 1. The van der Waals surface area contributed by atoms with Crippen molar-refractivity contribution in [2.24, 2.45) is 23.7 Å². The fourth-order valence-corrected chi connectivity index (χ4v) is 5.79. The third-order valence-electron chi connectivity index (χ3n) is 6.92. The SMILES string of the molecule is CC(C)CN(CCCNC(=O)C1C2C=CC3(CN(CC4=CC=CC4)C(=O)C13)O2)CC(C)C. The number of ether oxygens (including phenoxy) is 1. The van der Waals surface area contributed by atoms with Gasteiger partial charge < -0.3 is 19.9 Å². The third kappa shape index (κ3) is 4.72. The molecule has 1 aliphatic carbocycles. The topological polar surface area (TPSA) is 61.9 Å². The summed E-state index contributed by atoms with van der Waals surface area (Å²) in [7, 11) is 0. The predicted octanol–water partition coefficient (Wildman–Crippen LogP) is 2.78. The Bertz CT molecular complexity index is 805. The van der Waals surface area contributed by atoms with Crippen molar-refractivity contribution in [2.45, 2.75) is 52.2 Å². The van der Waals surface area contributed by atoms with Crippen LogP contribution >= 0.6 is 0 Å². The molecule has 0 saturated carbocycles. The van der Waals surface area contributed by atoms with E-state index in [2.05, 4.69) is 50.1 Å². The average Bonchev–Trinajstić information content (AvgIpc) is 3.47.